The maximum atomic E-state index is 13.1. The molecule has 0 radical (unpaired) electrons. The van der Waals surface area contributed by atoms with E-state index in [1.54, 1.807) is 24.3 Å². The third-order valence-electron chi connectivity index (χ3n) is 4.84. The molecule has 0 saturated heterocycles. The number of sulfone groups is 1. The van der Waals surface area contributed by atoms with Crippen LogP contribution >= 0.6 is 11.6 Å². The van der Waals surface area contributed by atoms with Crippen molar-refractivity contribution in [1.82, 2.24) is 4.90 Å². The first-order valence-electron chi connectivity index (χ1n) is 8.45. The monoisotopic (exact) mass is 387 g/mol. The molecular formula is C20H18ClNO3S. The summed E-state index contributed by atoms with van der Waals surface area (Å²) in [5.41, 5.74) is 3.24. The Balaban J connectivity index is 1.82. The van der Waals surface area contributed by atoms with E-state index < -0.39 is 9.84 Å². The summed E-state index contributed by atoms with van der Waals surface area (Å²) in [5.74, 6) is 0.00887. The van der Waals surface area contributed by atoms with Gasteiger partial charge in [-0.1, -0.05) is 35.9 Å². The minimum absolute atomic E-state index is 0.00887. The number of carbonyl (C=O) groups is 1. The minimum atomic E-state index is -3.27. The molecule has 2 aromatic rings. The number of hydrogen-bond acceptors (Lipinski definition) is 3. The SMILES string of the molecule is CS(=O)(=O)c1ccc(C2=C(c3cccc(Cl)c3)CN(C3CC3)C2=O)cc1. The number of nitrogens with zero attached hydrogens (tertiary/aromatic N) is 1. The van der Waals surface area contributed by atoms with Gasteiger partial charge in [0.1, 0.15) is 0 Å². The summed E-state index contributed by atoms with van der Waals surface area (Å²) in [6.07, 6.45) is 3.25. The van der Waals surface area contributed by atoms with E-state index in [-0.39, 0.29) is 10.8 Å². The molecule has 0 unspecified atom stereocenters. The van der Waals surface area contributed by atoms with E-state index in [9.17, 15) is 13.2 Å². The predicted octanol–water partition coefficient (Wildman–Crippen LogP) is 3.66. The van der Waals surface area contributed by atoms with Crippen LogP contribution in [-0.4, -0.2) is 38.1 Å². The first kappa shape index (κ1) is 17.3. The van der Waals surface area contributed by atoms with Gasteiger partial charge in [0.05, 0.1) is 10.5 Å². The number of rotatable bonds is 4. The van der Waals surface area contributed by atoms with E-state index in [1.165, 1.54) is 6.26 Å². The Kier molecular flexibility index (Phi) is 4.16. The van der Waals surface area contributed by atoms with Crippen LogP contribution in [-0.2, 0) is 14.6 Å². The Hall–Kier alpha value is -2.11. The highest BCUT2D eigenvalue weighted by Gasteiger charge is 2.40. The molecule has 1 saturated carbocycles. The maximum absolute atomic E-state index is 13.1. The second kappa shape index (κ2) is 6.25. The van der Waals surface area contributed by atoms with Crippen molar-refractivity contribution in [1.29, 1.82) is 0 Å². The standard InChI is InChI=1S/C20H18ClNO3S/c1-26(24,25)17-9-5-13(6-10-17)19-18(14-3-2-4-15(21)11-14)12-22(20(19)23)16-7-8-16/h2-6,9-11,16H,7-8,12H2,1H3. The Morgan fingerprint density at radius 3 is 2.31 bits per heavy atom. The van der Waals surface area contributed by atoms with Gasteiger partial charge in [-0.3, -0.25) is 4.79 Å². The van der Waals surface area contributed by atoms with Crippen LogP contribution in [0.5, 0.6) is 0 Å². The molecule has 2 aromatic carbocycles. The number of hydrogen-bond donors (Lipinski definition) is 0. The van der Waals surface area contributed by atoms with Crippen LogP contribution in [0.25, 0.3) is 11.1 Å². The average molecular weight is 388 g/mol. The van der Waals surface area contributed by atoms with Gasteiger partial charge in [-0.15, -0.1) is 0 Å². The van der Waals surface area contributed by atoms with Gasteiger partial charge in [-0.2, -0.15) is 0 Å². The summed E-state index contributed by atoms with van der Waals surface area (Å²) in [5, 5.41) is 0.624. The molecule has 0 spiro atoms. The van der Waals surface area contributed by atoms with Crippen LogP contribution in [0.4, 0.5) is 0 Å². The number of benzene rings is 2. The second-order valence-electron chi connectivity index (χ2n) is 6.82. The van der Waals surface area contributed by atoms with Crippen molar-refractivity contribution in [3.63, 3.8) is 0 Å². The lowest BCUT2D eigenvalue weighted by Gasteiger charge is -2.15. The molecule has 134 valence electrons. The zero-order chi connectivity index (χ0) is 18.5. The highest BCUT2D eigenvalue weighted by molar-refractivity contribution is 7.90. The summed E-state index contributed by atoms with van der Waals surface area (Å²) in [7, 11) is -3.27. The normalized spacial score (nSPS) is 17.9. The molecule has 0 bridgehead atoms. The van der Waals surface area contributed by atoms with Crippen molar-refractivity contribution in [3.05, 3.63) is 64.7 Å². The Bertz CT molecular complexity index is 1020. The Morgan fingerprint density at radius 1 is 1.04 bits per heavy atom. The maximum Gasteiger partial charge on any atom is 0.255 e. The molecule has 4 rings (SSSR count). The lowest BCUT2D eigenvalue weighted by atomic mass is 9.97. The number of carbonyl (C=O) groups excluding carboxylic acids is 1. The molecule has 0 aromatic heterocycles. The summed E-state index contributed by atoms with van der Waals surface area (Å²) in [6.45, 7) is 0.563. The van der Waals surface area contributed by atoms with Gasteiger partial charge in [0, 0.05) is 23.9 Å². The van der Waals surface area contributed by atoms with Gasteiger partial charge in [-0.25, -0.2) is 8.42 Å². The van der Waals surface area contributed by atoms with Crippen LogP contribution in [0.15, 0.2) is 53.4 Å². The van der Waals surface area contributed by atoms with Gasteiger partial charge in [0.15, 0.2) is 9.84 Å². The van der Waals surface area contributed by atoms with Crippen molar-refractivity contribution in [2.45, 2.75) is 23.8 Å². The Morgan fingerprint density at radius 2 is 1.73 bits per heavy atom. The molecule has 4 nitrogen and oxygen atoms in total. The molecule has 1 fully saturated rings. The molecule has 1 amide bonds. The summed E-state index contributed by atoms with van der Waals surface area (Å²) in [4.78, 5) is 15.2. The van der Waals surface area contributed by atoms with E-state index in [0.29, 0.717) is 23.2 Å². The lowest BCUT2D eigenvalue weighted by Crippen LogP contribution is -2.29. The lowest BCUT2D eigenvalue weighted by molar-refractivity contribution is -0.124. The van der Waals surface area contributed by atoms with E-state index >= 15 is 0 Å². The van der Waals surface area contributed by atoms with Crippen LogP contribution in [0.3, 0.4) is 0 Å². The third kappa shape index (κ3) is 3.17. The van der Waals surface area contributed by atoms with E-state index in [4.69, 9.17) is 11.6 Å². The quantitative estimate of drug-likeness (QED) is 0.804. The molecule has 6 heteroatoms. The average Bonchev–Trinajstić information content (AvgIpc) is 3.37. The van der Waals surface area contributed by atoms with Gasteiger partial charge < -0.3 is 4.90 Å². The summed E-state index contributed by atoms with van der Waals surface area (Å²) in [6, 6.07) is 14.3. The van der Waals surface area contributed by atoms with Crippen molar-refractivity contribution in [3.8, 4) is 0 Å². The smallest absolute Gasteiger partial charge is 0.255 e. The van der Waals surface area contributed by atoms with Crippen molar-refractivity contribution < 1.29 is 13.2 Å². The van der Waals surface area contributed by atoms with Crippen molar-refractivity contribution >= 4 is 38.5 Å². The summed E-state index contributed by atoms with van der Waals surface area (Å²) < 4.78 is 23.4. The molecule has 26 heavy (non-hydrogen) atoms. The molecular weight excluding hydrogens is 370 g/mol. The van der Waals surface area contributed by atoms with E-state index in [1.807, 2.05) is 29.2 Å². The zero-order valence-electron chi connectivity index (χ0n) is 14.3. The largest absolute Gasteiger partial charge is 0.331 e. The highest BCUT2D eigenvalue weighted by Crippen LogP contribution is 2.40. The fraction of sp³-hybridized carbons (Fsp3) is 0.250. The second-order valence-corrected chi connectivity index (χ2v) is 9.28. The van der Waals surface area contributed by atoms with Gasteiger partial charge in [0.25, 0.3) is 5.91 Å². The molecule has 1 heterocycles. The Labute approximate surface area is 158 Å². The van der Waals surface area contributed by atoms with Crippen LogP contribution in [0.1, 0.15) is 24.0 Å². The van der Waals surface area contributed by atoms with Gasteiger partial charge >= 0.3 is 0 Å². The minimum Gasteiger partial charge on any atom is -0.331 e. The van der Waals surface area contributed by atoms with E-state index in [0.717, 1.165) is 29.5 Å². The zero-order valence-corrected chi connectivity index (χ0v) is 15.8. The van der Waals surface area contributed by atoms with Crippen molar-refractivity contribution in [2.24, 2.45) is 0 Å². The molecule has 1 aliphatic heterocycles. The number of halogens is 1. The molecule has 1 aliphatic carbocycles. The van der Waals surface area contributed by atoms with Gasteiger partial charge in [-0.05, 0) is 53.8 Å². The number of amides is 1. The predicted molar refractivity (Wildman–Crippen MR) is 103 cm³/mol. The van der Waals surface area contributed by atoms with Crippen molar-refractivity contribution in [2.75, 3.05) is 12.8 Å². The van der Waals surface area contributed by atoms with E-state index in [2.05, 4.69) is 0 Å². The molecule has 0 N–H and O–H groups in total. The van der Waals surface area contributed by atoms with Crippen LogP contribution in [0, 0.1) is 0 Å². The molecule has 0 atom stereocenters. The van der Waals surface area contributed by atoms with Crippen LogP contribution < -0.4 is 0 Å². The fourth-order valence-electron chi connectivity index (χ4n) is 3.35. The molecule has 2 aliphatic rings. The third-order valence-corrected chi connectivity index (χ3v) is 6.20. The van der Waals surface area contributed by atoms with Crippen LogP contribution in [0.2, 0.25) is 5.02 Å². The highest BCUT2D eigenvalue weighted by atomic mass is 35.5. The topological polar surface area (TPSA) is 54.5 Å². The van der Waals surface area contributed by atoms with Gasteiger partial charge in [0.2, 0.25) is 0 Å². The first-order valence-corrected chi connectivity index (χ1v) is 10.7. The first-order chi connectivity index (χ1) is 12.3. The fourth-order valence-corrected chi connectivity index (χ4v) is 4.17. The summed E-state index contributed by atoms with van der Waals surface area (Å²) >= 11 is 6.15.